The first-order chi connectivity index (χ1) is 9.91. The van der Waals surface area contributed by atoms with Crippen LogP contribution in [0.2, 0.25) is 0 Å². The number of rotatable bonds is 5. The summed E-state index contributed by atoms with van der Waals surface area (Å²) in [4.78, 5) is 11.7. The fourth-order valence-corrected chi connectivity index (χ4v) is 2.97. The Kier molecular flexibility index (Phi) is 4.83. The molecular weight excluding hydrogens is 273 g/mol. The van der Waals surface area contributed by atoms with Crippen LogP contribution >= 0.6 is 0 Å². The Hall–Kier alpha value is -1.62. The summed E-state index contributed by atoms with van der Waals surface area (Å²) < 4.78 is 18.7. The maximum absolute atomic E-state index is 12.9. The third-order valence-electron chi connectivity index (χ3n) is 3.80. The number of aliphatic carboxylic acids is 1. The summed E-state index contributed by atoms with van der Waals surface area (Å²) in [6, 6.07) is 5.92. The molecule has 1 aliphatic rings. The lowest BCUT2D eigenvalue weighted by Crippen LogP contribution is -2.58. The van der Waals surface area contributed by atoms with Gasteiger partial charge in [-0.15, -0.1) is 0 Å². The number of ether oxygens (including phenoxy) is 1. The predicted molar refractivity (Wildman–Crippen MR) is 77.9 cm³/mol. The molecule has 4 nitrogen and oxygen atoms in total. The Morgan fingerprint density at radius 3 is 2.67 bits per heavy atom. The zero-order chi connectivity index (χ0) is 15.5. The second-order valence-corrected chi connectivity index (χ2v) is 5.98. The van der Waals surface area contributed by atoms with Gasteiger partial charge in [0.1, 0.15) is 23.2 Å². The summed E-state index contributed by atoms with van der Waals surface area (Å²) in [6.45, 7) is 3.88. The molecule has 2 unspecified atom stereocenters. The zero-order valence-electron chi connectivity index (χ0n) is 12.4. The first kappa shape index (κ1) is 15.8. The first-order valence-electron chi connectivity index (χ1n) is 7.34. The fourth-order valence-electron chi connectivity index (χ4n) is 2.97. The van der Waals surface area contributed by atoms with E-state index in [1.54, 1.807) is 12.1 Å². The highest BCUT2D eigenvalue weighted by Gasteiger charge is 2.44. The van der Waals surface area contributed by atoms with Crippen molar-refractivity contribution in [2.75, 3.05) is 0 Å². The van der Waals surface area contributed by atoms with Gasteiger partial charge in [-0.3, -0.25) is 10.1 Å². The molecular formula is C16H22FNO3. The molecule has 1 fully saturated rings. The van der Waals surface area contributed by atoms with Crippen molar-refractivity contribution in [1.29, 1.82) is 0 Å². The number of carboxylic acids is 1. The van der Waals surface area contributed by atoms with E-state index in [0.717, 1.165) is 12.8 Å². The quantitative estimate of drug-likeness (QED) is 0.877. The lowest BCUT2D eigenvalue weighted by Gasteiger charge is -2.39. The maximum atomic E-state index is 12.9. The highest BCUT2D eigenvalue weighted by Crippen LogP contribution is 2.32. The van der Waals surface area contributed by atoms with Gasteiger partial charge in [0.05, 0.1) is 0 Å². The van der Waals surface area contributed by atoms with E-state index in [0.29, 0.717) is 18.6 Å². The molecule has 0 saturated heterocycles. The summed E-state index contributed by atoms with van der Waals surface area (Å²) in [5.41, 5.74) is -0.933. The average molecular weight is 295 g/mol. The van der Waals surface area contributed by atoms with Gasteiger partial charge >= 0.3 is 5.97 Å². The molecule has 1 aromatic carbocycles. The Balaban J connectivity index is 2.08. The first-order valence-corrected chi connectivity index (χ1v) is 7.34. The molecule has 1 aromatic rings. The molecule has 116 valence electrons. The van der Waals surface area contributed by atoms with Gasteiger partial charge in [0.2, 0.25) is 0 Å². The summed E-state index contributed by atoms with van der Waals surface area (Å²) in [6.07, 6.45) is 2.44. The number of nitrogens with one attached hydrogen (secondary N) is 1. The van der Waals surface area contributed by atoms with E-state index in [1.165, 1.54) is 12.1 Å². The van der Waals surface area contributed by atoms with Crippen LogP contribution in [0.3, 0.4) is 0 Å². The van der Waals surface area contributed by atoms with Crippen molar-refractivity contribution in [1.82, 2.24) is 5.32 Å². The van der Waals surface area contributed by atoms with Gasteiger partial charge < -0.3 is 9.84 Å². The average Bonchev–Trinajstić information content (AvgIpc) is 2.41. The van der Waals surface area contributed by atoms with E-state index in [2.05, 4.69) is 5.32 Å². The maximum Gasteiger partial charge on any atom is 0.324 e. The van der Waals surface area contributed by atoms with Crippen molar-refractivity contribution < 1.29 is 19.0 Å². The van der Waals surface area contributed by atoms with Crippen molar-refractivity contribution in [2.24, 2.45) is 0 Å². The molecule has 21 heavy (non-hydrogen) atoms. The highest BCUT2D eigenvalue weighted by molar-refractivity contribution is 5.79. The monoisotopic (exact) mass is 295 g/mol. The summed E-state index contributed by atoms with van der Waals surface area (Å²) in [7, 11) is 0. The van der Waals surface area contributed by atoms with E-state index in [9.17, 15) is 14.3 Å². The van der Waals surface area contributed by atoms with Gasteiger partial charge in [0, 0.05) is 12.5 Å². The van der Waals surface area contributed by atoms with Crippen molar-refractivity contribution in [2.45, 2.75) is 57.2 Å². The molecule has 2 atom stereocenters. The number of hydrogen-bond acceptors (Lipinski definition) is 3. The van der Waals surface area contributed by atoms with Crippen LogP contribution in [0.25, 0.3) is 0 Å². The molecule has 1 saturated carbocycles. The summed E-state index contributed by atoms with van der Waals surface area (Å²) in [5.74, 6) is -0.567. The van der Waals surface area contributed by atoms with Crippen molar-refractivity contribution in [3.05, 3.63) is 30.1 Å². The molecule has 2 rings (SSSR count). The van der Waals surface area contributed by atoms with Crippen molar-refractivity contribution >= 4 is 5.97 Å². The predicted octanol–water partition coefficient (Wildman–Crippen LogP) is 2.97. The molecule has 0 spiro atoms. The van der Waals surface area contributed by atoms with E-state index in [1.807, 2.05) is 13.8 Å². The van der Waals surface area contributed by atoms with E-state index >= 15 is 0 Å². The molecule has 0 heterocycles. The van der Waals surface area contributed by atoms with Gasteiger partial charge in [0.15, 0.2) is 0 Å². The summed E-state index contributed by atoms with van der Waals surface area (Å²) >= 11 is 0. The summed E-state index contributed by atoms with van der Waals surface area (Å²) in [5, 5.41) is 12.8. The molecule has 2 N–H and O–H groups in total. The zero-order valence-corrected chi connectivity index (χ0v) is 12.4. The Morgan fingerprint density at radius 1 is 1.43 bits per heavy atom. The molecule has 5 heteroatoms. The number of hydrogen-bond donors (Lipinski definition) is 2. The van der Waals surface area contributed by atoms with Gasteiger partial charge in [-0.25, -0.2) is 4.39 Å². The van der Waals surface area contributed by atoms with Crippen LogP contribution in [0.4, 0.5) is 4.39 Å². The SMILES string of the molecule is CC(C)NC1(C(=O)O)CCCC(Oc2ccc(F)cc2)C1. The lowest BCUT2D eigenvalue weighted by atomic mass is 9.79. The standard InChI is InChI=1S/C16H22FNO3/c1-11(2)18-16(15(19)20)9-3-4-14(10-16)21-13-7-5-12(17)6-8-13/h5-8,11,14,18H,3-4,9-10H2,1-2H3,(H,19,20). The second-order valence-electron chi connectivity index (χ2n) is 5.98. The van der Waals surface area contributed by atoms with Crippen molar-refractivity contribution in [3.8, 4) is 5.75 Å². The van der Waals surface area contributed by atoms with Crippen LogP contribution in [0, 0.1) is 5.82 Å². The minimum atomic E-state index is -0.933. The van der Waals surface area contributed by atoms with E-state index in [-0.39, 0.29) is 18.0 Å². The smallest absolute Gasteiger partial charge is 0.324 e. The van der Waals surface area contributed by atoms with Crippen molar-refractivity contribution in [3.63, 3.8) is 0 Å². The second kappa shape index (κ2) is 6.43. The number of benzene rings is 1. The van der Waals surface area contributed by atoms with Crippen LogP contribution < -0.4 is 10.1 Å². The molecule has 1 aliphatic carbocycles. The molecule has 0 radical (unpaired) electrons. The molecule has 0 aromatic heterocycles. The molecule has 0 amide bonds. The number of carbonyl (C=O) groups is 1. The number of carboxylic acid groups (broad SMARTS) is 1. The normalized spacial score (nSPS) is 25.8. The van der Waals surface area contributed by atoms with Gasteiger partial charge in [-0.1, -0.05) is 0 Å². The minimum absolute atomic E-state index is 0.0886. The van der Waals surface area contributed by atoms with E-state index in [4.69, 9.17) is 4.74 Å². The van der Waals surface area contributed by atoms with Crippen LogP contribution in [0.1, 0.15) is 39.5 Å². The van der Waals surface area contributed by atoms with Gasteiger partial charge in [-0.2, -0.15) is 0 Å². The third-order valence-corrected chi connectivity index (χ3v) is 3.80. The van der Waals surface area contributed by atoms with Gasteiger partial charge in [-0.05, 0) is 57.4 Å². The van der Waals surface area contributed by atoms with Gasteiger partial charge in [0.25, 0.3) is 0 Å². The van der Waals surface area contributed by atoms with Crippen LogP contribution in [0.5, 0.6) is 5.75 Å². The largest absolute Gasteiger partial charge is 0.490 e. The molecule has 0 aliphatic heterocycles. The van der Waals surface area contributed by atoms with Crippen LogP contribution in [-0.2, 0) is 4.79 Å². The molecule has 0 bridgehead atoms. The Bertz CT molecular complexity index is 489. The van der Waals surface area contributed by atoms with E-state index < -0.39 is 11.5 Å². The topological polar surface area (TPSA) is 58.6 Å². The Labute approximate surface area is 124 Å². The number of halogens is 1. The Morgan fingerprint density at radius 2 is 2.10 bits per heavy atom. The van der Waals surface area contributed by atoms with Crippen LogP contribution in [-0.4, -0.2) is 28.8 Å². The highest BCUT2D eigenvalue weighted by atomic mass is 19.1. The third kappa shape index (κ3) is 3.94. The lowest BCUT2D eigenvalue weighted by molar-refractivity contribution is -0.148. The van der Waals surface area contributed by atoms with Crippen LogP contribution in [0.15, 0.2) is 24.3 Å². The fraction of sp³-hybridized carbons (Fsp3) is 0.562. The minimum Gasteiger partial charge on any atom is -0.490 e.